The van der Waals surface area contributed by atoms with Crippen LogP contribution in [-0.2, 0) is 0 Å². The Hall–Kier alpha value is -0.350. The molecule has 1 aromatic rings. The minimum atomic E-state index is 0.231. The van der Waals surface area contributed by atoms with Gasteiger partial charge in [0.2, 0.25) is 0 Å². The quantitative estimate of drug-likeness (QED) is 0.678. The lowest BCUT2D eigenvalue weighted by Gasteiger charge is -2.11. The third-order valence-corrected chi connectivity index (χ3v) is 6.23. The van der Waals surface area contributed by atoms with Gasteiger partial charge in [0.1, 0.15) is 0 Å². The van der Waals surface area contributed by atoms with E-state index < -0.39 is 0 Å². The minimum Gasteiger partial charge on any atom is -0.0706 e. The van der Waals surface area contributed by atoms with Gasteiger partial charge in [-0.1, -0.05) is 39.0 Å². The second-order valence-corrected chi connectivity index (χ2v) is 7.32. The van der Waals surface area contributed by atoms with Crippen LogP contribution in [0.15, 0.2) is 12.1 Å². The van der Waals surface area contributed by atoms with E-state index in [0.717, 1.165) is 5.66 Å². The highest BCUT2D eigenvalue weighted by atomic mass is 31.1. The first-order valence-electron chi connectivity index (χ1n) is 5.98. The fourth-order valence-electron chi connectivity index (χ4n) is 2.66. The van der Waals surface area contributed by atoms with Crippen LogP contribution in [0.2, 0.25) is 0 Å². The number of aryl methyl sites for hydroxylation is 3. The molecule has 0 aliphatic carbocycles. The van der Waals surface area contributed by atoms with E-state index in [2.05, 4.69) is 39.8 Å². The minimum absolute atomic E-state index is 0.231. The molecule has 1 fully saturated rings. The number of hydrogen-bond donors (Lipinski definition) is 0. The predicted molar refractivity (Wildman–Crippen MR) is 70.8 cm³/mol. The molecule has 0 bridgehead atoms. The van der Waals surface area contributed by atoms with Crippen molar-refractivity contribution in [2.45, 2.75) is 46.2 Å². The van der Waals surface area contributed by atoms with E-state index in [9.17, 15) is 0 Å². The lowest BCUT2D eigenvalue weighted by Crippen LogP contribution is -2.06. The van der Waals surface area contributed by atoms with Crippen LogP contribution in [0.3, 0.4) is 0 Å². The molecule has 0 aromatic heterocycles. The first-order valence-corrected chi connectivity index (χ1v) is 7.57. The fraction of sp³-hybridized carbons (Fsp3) is 0.571. The SMILES string of the molecule is CCC[C@@H]1C[P@@]1c1c(C)cc(C)cc1C. The molecule has 1 aromatic carbocycles. The van der Waals surface area contributed by atoms with E-state index in [-0.39, 0.29) is 7.92 Å². The van der Waals surface area contributed by atoms with E-state index in [4.69, 9.17) is 0 Å². The summed E-state index contributed by atoms with van der Waals surface area (Å²) in [5, 5.41) is 1.72. The topological polar surface area (TPSA) is 0 Å². The molecule has 15 heavy (non-hydrogen) atoms. The van der Waals surface area contributed by atoms with Crippen molar-refractivity contribution in [2.24, 2.45) is 0 Å². The molecule has 1 heteroatoms. The zero-order chi connectivity index (χ0) is 11.0. The summed E-state index contributed by atoms with van der Waals surface area (Å²) in [6.07, 6.45) is 4.29. The highest BCUT2D eigenvalue weighted by Gasteiger charge is 2.38. The predicted octanol–water partition coefficient (Wildman–Crippen LogP) is 3.90. The Bertz CT molecular complexity index is 345. The van der Waals surface area contributed by atoms with E-state index >= 15 is 0 Å². The first kappa shape index (κ1) is 11.1. The zero-order valence-corrected chi connectivity index (χ0v) is 11.2. The van der Waals surface area contributed by atoms with Gasteiger partial charge >= 0.3 is 0 Å². The lowest BCUT2D eigenvalue weighted by atomic mass is 10.1. The standard InChI is InChI=1S/C14H21P/c1-5-6-13-9-15(13)14-11(3)7-10(2)8-12(14)4/h7-8,13H,5-6,9H2,1-4H3/t13-,15-/m1/s1. The smallest absolute Gasteiger partial charge is 0.0126 e. The molecule has 1 aliphatic heterocycles. The molecule has 0 amide bonds. The summed E-state index contributed by atoms with van der Waals surface area (Å²) in [6.45, 7) is 9.09. The van der Waals surface area contributed by atoms with E-state index in [1.54, 1.807) is 5.30 Å². The monoisotopic (exact) mass is 220 g/mol. The summed E-state index contributed by atoms with van der Waals surface area (Å²) in [4.78, 5) is 0. The van der Waals surface area contributed by atoms with Crippen molar-refractivity contribution >= 4 is 13.2 Å². The van der Waals surface area contributed by atoms with Crippen molar-refractivity contribution in [3.8, 4) is 0 Å². The van der Waals surface area contributed by atoms with Crippen molar-refractivity contribution < 1.29 is 0 Å². The largest absolute Gasteiger partial charge is 0.0706 e. The molecule has 1 aliphatic rings. The van der Waals surface area contributed by atoms with Gasteiger partial charge in [-0.05, 0) is 55.4 Å². The molecule has 2 atom stereocenters. The van der Waals surface area contributed by atoms with Crippen LogP contribution < -0.4 is 5.30 Å². The van der Waals surface area contributed by atoms with Crippen LogP contribution >= 0.6 is 7.92 Å². The Kier molecular flexibility index (Phi) is 3.16. The number of benzene rings is 1. The Morgan fingerprint density at radius 2 is 1.80 bits per heavy atom. The molecule has 2 rings (SSSR count). The van der Waals surface area contributed by atoms with Crippen molar-refractivity contribution in [3.05, 3.63) is 28.8 Å². The maximum atomic E-state index is 2.35. The third-order valence-electron chi connectivity index (χ3n) is 3.26. The second-order valence-electron chi connectivity index (χ2n) is 4.84. The van der Waals surface area contributed by atoms with Gasteiger partial charge in [-0.15, -0.1) is 0 Å². The molecule has 0 spiro atoms. The van der Waals surface area contributed by atoms with Gasteiger partial charge in [-0.2, -0.15) is 0 Å². The molecule has 1 saturated heterocycles. The van der Waals surface area contributed by atoms with Gasteiger partial charge in [0.05, 0.1) is 0 Å². The van der Waals surface area contributed by atoms with Crippen molar-refractivity contribution in [3.63, 3.8) is 0 Å². The van der Waals surface area contributed by atoms with E-state index in [1.165, 1.54) is 35.7 Å². The number of rotatable bonds is 3. The summed E-state index contributed by atoms with van der Waals surface area (Å²) >= 11 is 0. The molecule has 0 N–H and O–H groups in total. The fourth-order valence-corrected chi connectivity index (χ4v) is 5.60. The van der Waals surface area contributed by atoms with Crippen LogP contribution in [0.25, 0.3) is 0 Å². The highest BCUT2D eigenvalue weighted by molar-refractivity contribution is 7.73. The van der Waals surface area contributed by atoms with E-state index in [1.807, 2.05) is 0 Å². The van der Waals surface area contributed by atoms with Crippen LogP contribution in [-0.4, -0.2) is 11.8 Å². The average molecular weight is 220 g/mol. The van der Waals surface area contributed by atoms with Crippen molar-refractivity contribution in [2.75, 3.05) is 6.16 Å². The molecule has 1 heterocycles. The van der Waals surface area contributed by atoms with Gasteiger partial charge in [0, 0.05) is 0 Å². The van der Waals surface area contributed by atoms with Crippen LogP contribution in [0.1, 0.15) is 36.5 Å². The van der Waals surface area contributed by atoms with Crippen LogP contribution in [0, 0.1) is 20.8 Å². The third kappa shape index (κ3) is 2.26. The Morgan fingerprint density at radius 3 is 2.33 bits per heavy atom. The molecular weight excluding hydrogens is 199 g/mol. The maximum absolute atomic E-state index is 2.35. The molecule has 0 radical (unpaired) electrons. The number of hydrogen-bond acceptors (Lipinski definition) is 0. The maximum Gasteiger partial charge on any atom is -0.0126 e. The van der Waals surface area contributed by atoms with Gasteiger partial charge in [0.25, 0.3) is 0 Å². The average Bonchev–Trinajstić information content (AvgIpc) is 2.82. The van der Waals surface area contributed by atoms with E-state index in [0.29, 0.717) is 0 Å². The Balaban J connectivity index is 2.23. The summed E-state index contributed by atoms with van der Waals surface area (Å²) in [6, 6.07) is 4.71. The van der Waals surface area contributed by atoms with Gasteiger partial charge in [-0.3, -0.25) is 0 Å². The molecule has 82 valence electrons. The first-order chi connectivity index (χ1) is 7.13. The summed E-state index contributed by atoms with van der Waals surface area (Å²) in [5.41, 5.74) is 5.54. The van der Waals surface area contributed by atoms with Crippen LogP contribution in [0.4, 0.5) is 0 Å². The van der Waals surface area contributed by atoms with Crippen molar-refractivity contribution in [1.82, 2.24) is 0 Å². The summed E-state index contributed by atoms with van der Waals surface area (Å²) in [5.74, 6) is 0. The van der Waals surface area contributed by atoms with Crippen LogP contribution in [0.5, 0.6) is 0 Å². The summed E-state index contributed by atoms with van der Waals surface area (Å²) < 4.78 is 0. The van der Waals surface area contributed by atoms with Gasteiger partial charge in [-0.25, -0.2) is 0 Å². The van der Waals surface area contributed by atoms with Gasteiger partial charge < -0.3 is 0 Å². The van der Waals surface area contributed by atoms with Crippen molar-refractivity contribution in [1.29, 1.82) is 0 Å². The summed E-state index contributed by atoms with van der Waals surface area (Å²) in [7, 11) is 0.231. The molecule has 0 nitrogen and oxygen atoms in total. The Morgan fingerprint density at radius 1 is 1.20 bits per heavy atom. The normalized spacial score (nSPS) is 24.3. The Labute approximate surface area is 94.8 Å². The molecular formula is C14H21P. The lowest BCUT2D eigenvalue weighted by molar-refractivity contribution is 0.829. The zero-order valence-electron chi connectivity index (χ0n) is 10.3. The van der Waals surface area contributed by atoms with Gasteiger partial charge in [0.15, 0.2) is 0 Å². The highest BCUT2D eigenvalue weighted by Crippen LogP contribution is 2.60. The molecule has 0 unspecified atom stereocenters. The second kappa shape index (κ2) is 4.26. The molecule has 0 saturated carbocycles.